The van der Waals surface area contributed by atoms with Crippen LogP contribution in [0.15, 0.2) is 24.3 Å². The molecule has 0 atom stereocenters. The number of carbonyl (C=O) groups excluding carboxylic acids is 5. The molecule has 0 heterocycles. The Morgan fingerprint density at radius 3 is 1.87 bits per heavy atom. The number of carboxylic acid groups (broad SMARTS) is 1. The maximum Gasteiger partial charge on any atom is 0.339 e. The number of ketones is 2. The third-order valence-corrected chi connectivity index (χ3v) is 4.18. The Balaban J connectivity index is 2.43. The first kappa shape index (κ1) is 21.4. The van der Waals surface area contributed by atoms with Gasteiger partial charge in [-0.25, -0.2) is 4.79 Å². The highest BCUT2D eigenvalue weighted by molar-refractivity contribution is 6.32. The third kappa shape index (κ3) is 3.78. The molecule has 1 N–H and O–H groups in total. The van der Waals surface area contributed by atoms with E-state index in [0.29, 0.717) is 0 Å². The molecule has 0 spiro atoms. The van der Waals surface area contributed by atoms with E-state index in [-0.39, 0.29) is 16.9 Å². The Labute approximate surface area is 174 Å². The molecule has 0 radical (unpaired) electrons. The predicted octanol–water partition coefficient (Wildman–Crippen LogP) is 1.94. The van der Waals surface area contributed by atoms with Gasteiger partial charge in [-0.05, 0) is 6.07 Å². The van der Waals surface area contributed by atoms with Crippen molar-refractivity contribution in [3.63, 3.8) is 0 Å². The Morgan fingerprint density at radius 1 is 0.742 bits per heavy atom. The molecule has 0 aromatic heterocycles. The molecule has 10 nitrogen and oxygen atoms in total. The lowest BCUT2D eigenvalue weighted by atomic mass is 9.81. The lowest BCUT2D eigenvalue weighted by Crippen LogP contribution is -2.26. The van der Waals surface area contributed by atoms with Crippen LogP contribution in [0.5, 0.6) is 17.2 Å². The monoisotopic (exact) mass is 426 g/mol. The second-order valence-electron chi connectivity index (χ2n) is 6.42. The zero-order valence-electron chi connectivity index (χ0n) is 16.4. The van der Waals surface area contributed by atoms with Gasteiger partial charge in [0.1, 0.15) is 17.1 Å². The molecule has 0 aliphatic heterocycles. The van der Waals surface area contributed by atoms with E-state index >= 15 is 0 Å². The average molecular weight is 426 g/mol. The summed E-state index contributed by atoms with van der Waals surface area (Å²) in [6, 6.07) is 4.72. The summed E-state index contributed by atoms with van der Waals surface area (Å²) in [4.78, 5) is 73.0. The van der Waals surface area contributed by atoms with Gasteiger partial charge in [0, 0.05) is 32.4 Å². The number of carboxylic acids is 1. The van der Waals surface area contributed by atoms with E-state index in [1.165, 1.54) is 18.2 Å². The van der Waals surface area contributed by atoms with Crippen molar-refractivity contribution in [2.75, 3.05) is 0 Å². The van der Waals surface area contributed by atoms with Crippen LogP contribution in [0.3, 0.4) is 0 Å². The largest absolute Gasteiger partial charge is 0.478 e. The Hall–Kier alpha value is -4.34. The molecule has 31 heavy (non-hydrogen) atoms. The summed E-state index contributed by atoms with van der Waals surface area (Å²) in [6.07, 6.45) is 0. The average Bonchev–Trinajstić information content (AvgIpc) is 2.65. The van der Waals surface area contributed by atoms with Crippen LogP contribution >= 0.6 is 0 Å². The molecule has 0 bridgehead atoms. The molecule has 0 saturated heterocycles. The summed E-state index contributed by atoms with van der Waals surface area (Å²) in [5, 5.41) is 9.54. The number of esters is 3. The molecular formula is C21H14O10. The summed E-state index contributed by atoms with van der Waals surface area (Å²) in [7, 11) is 0. The third-order valence-electron chi connectivity index (χ3n) is 4.18. The Bertz CT molecular complexity index is 1210. The first-order chi connectivity index (χ1) is 14.5. The normalized spacial score (nSPS) is 11.8. The zero-order valence-corrected chi connectivity index (χ0v) is 16.4. The van der Waals surface area contributed by atoms with Crippen LogP contribution in [0.25, 0.3) is 0 Å². The highest BCUT2D eigenvalue weighted by Gasteiger charge is 2.40. The summed E-state index contributed by atoms with van der Waals surface area (Å²) in [6.45, 7) is 3.10. The number of benzene rings is 2. The minimum atomic E-state index is -1.59. The van der Waals surface area contributed by atoms with E-state index in [4.69, 9.17) is 14.2 Å². The maximum atomic E-state index is 13.4. The SMILES string of the molecule is CC(=O)Oc1cccc2c1C(=O)c1c(OC(C)=O)cc(C(=O)O)c(OC(C)=O)c1C2=O. The van der Waals surface area contributed by atoms with Crippen LogP contribution in [-0.4, -0.2) is 40.6 Å². The van der Waals surface area contributed by atoms with Crippen molar-refractivity contribution >= 4 is 35.4 Å². The lowest BCUT2D eigenvalue weighted by Gasteiger charge is -2.24. The van der Waals surface area contributed by atoms with E-state index in [0.717, 1.165) is 26.8 Å². The van der Waals surface area contributed by atoms with E-state index in [2.05, 4.69) is 0 Å². The highest BCUT2D eigenvalue weighted by Crippen LogP contribution is 2.43. The molecule has 1 aliphatic carbocycles. The van der Waals surface area contributed by atoms with Crippen LogP contribution in [0.1, 0.15) is 63.0 Å². The van der Waals surface area contributed by atoms with Crippen LogP contribution < -0.4 is 14.2 Å². The smallest absolute Gasteiger partial charge is 0.339 e. The number of hydrogen-bond donors (Lipinski definition) is 1. The van der Waals surface area contributed by atoms with Gasteiger partial charge in [0.05, 0.1) is 16.7 Å². The van der Waals surface area contributed by atoms with Gasteiger partial charge >= 0.3 is 23.9 Å². The molecule has 3 rings (SSSR count). The minimum Gasteiger partial charge on any atom is -0.478 e. The van der Waals surface area contributed by atoms with Gasteiger partial charge in [0.2, 0.25) is 5.78 Å². The van der Waals surface area contributed by atoms with E-state index in [1.54, 1.807) is 0 Å². The first-order valence-corrected chi connectivity index (χ1v) is 8.74. The quantitative estimate of drug-likeness (QED) is 0.484. The van der Waals surface area contributed by atoms with Crippen molar-refractivity contribution in [2.45, 2.75) is 20.8 Å². The summed E-state index contributed by atoms with van der Waals surface area (Å²) in [5.74, 6) is -7.32. The molecule has 10 heteroatoms. The van der Waals surface area contributed by atoms with Gasteiger partial charge in [0.25, 0.3) is 0 Å². The van der Waals surface area contributed by atoms with Crippen molar-refractivity contribution in [1.82, 2.24) is 0 Å². The lowest BCUT2D eigenvalue weighted by molar-refractivity contribution is -0.133. The zero-order chi connectivity index (χ0) is 23.0. The molecule has 0 saturated carbocycles. The van der Waals surface area contributed by atoms with Crippen molar-refractivity contribution in [3.05, 3.63) is 52.1 Å². The molecule has 0 amide bonds. The van der Waals surface area contributed by atoms with Gasteiger partial charge in [-0.3, -0.25) is 24.0 Å². The van der Waals surface area contributed by atoms with Crippen molar-refractivity contribution in [2.24, 2.45) is 0 Å². The molecule has 2 aromatic carbocycles. The van der Waals surface area contributed by atoms with Crippen molar-refractivity contribution < 1.29 is 48.1 Å². The van der Waals surface area contributed by atoms with E-state index in [9.17, 15) is 33.9 Å². The molecule has 2 aromatic rings. The first-order valence-electron chi connectivity index (χ1n) is 8.74. The number of hydrogen-bond acceptors (Lipinski definition) is 9. The fourth-order valence-electron chi connectivity index (χ4n) is 3.18. The summed E-state index contributed by atoms with van der Waals surface area (Å²) in [5.41, 5.74) is -2.19. The Morgan fingerprint density at radius 2 is 1.32 bits per heavy atom. The van der Waals surface area contributed by atoms with Gasteiger partial charge in [0.15, 0.2) is 11.5 Å². The number of aromatic carboxylic acids is 1. The van der Waals surface area contributed by atoms with Crippen LogP contribution in [0.4, 0.5) is 0 Å². The van der Waals surface area contributed by atoms with E-state index < -0.39 is 63.6 Å². The topological polar surface area (TPSA) is 150 Å². The van der Waals surface area contributed by atoms with E-state index in [1.807, 2.05) is 0 Å². The fourth-order valence-corrected chi connectivity index (χ4v) is 3.18. The van der Waals surface area contributed by atoms with Crippen LogP contribution in [0.2, 0.25) is 0 Å². The van der Waals surface area contributed by atoms with Crippen molar-refractivity contribution in [1.29, 1.82) is 0 Å². The van der Waals surface area contributed by atoms with Gasteiger partial charge in [-0.1, -0.05) is 12.1 Å². The number of rotatable bonds is 4. The second-order valence-corrected chi connectivity index (χ2v) is 6.42. The van der Waals surface area contributed by atoms with Gasteiger partial charge < -0.3 is 19.3 Å². The standard InChI is InChI=1S/C21H14O10/c1-8(22)29-13-6-4-5-11-15(13)19(26)16-14(30-9(2)23)7-12(21(27)28)20(31-10(3)24)17(16)18(11)25/h4-7H,1-3H3,(H,27,28). The molecule has 1 aliphatic rings. The molecule has 0 unspecified atom stereocenters. The number of ether oxygens (including phenoxy) is 3. The Kier molecular flexibility index (Phi) is 5.39. The molecule has 0 fully saturated rings. The maximum absolute atomic E-state index is 13.4. The molecular weight excluding hydrogens is 412 g/mol. The second kappa shape index (κ2) is 7.82. The predicted molar refractivity (Wildman–Crippen MR) is 101 cm³/mol. The number of fused-ring (bicyclic) bond motifs is 2. The van der Waals surface area contributed by atoms with Crippen LogP contribution in [-0.2, 0) is 14.4 Å². The molecule has 158 valence electrons. The highest BCUT2D eigenvalue weighted by atomic mass is 16.5. The minimum absolute atomic E-state index is 0.207. The summed E-state index contributed by atoms with van der Waals surface area (Å²) < 4.78 is 15.0. The van der Waals surface area contributed by atoms with Crippen LogP contribution in [0, 0.1) is 0 Å². The fraction of sp³-hybridized carbons (Fsp3) is 0.143. The van der Waals surface area contributed by atoms with Crippen molar-refractivity contribution in [3.8, 4) is 17.2 Å². The summed E-state index contributed by atoms with van der Waals surface area (Å²) >= 11 is 0. The van der Waals surface area contributed by atoms with Gasteiger partial charge in [-0.15, -0.1) is 0 Å². The number of carbonyl (C=O) groups is 6. The van der Waals surface area contributed by atoms with Gasteiger partial charge in [-0.2, -0.15) is 0 Å².